The summed E-state index contributed by atoms with van der Waals surface area (Å²) in [4.78, 5) is 15.5. The average Bonchev–Trinajstić information content (AvgIpc) is 3.07. The number of hydrogen-bond acceptors (Lipinski definition) is 7. The Bertz CT molecular complexity index is 896. The predicted molar refractivity (Wildman–Crippen MR) is 128 cm³/mol. The lowest BCUT2D eigenvalue weighted by molar-refractivity contribution is -0.885. The third-order valence-corrected chi connectivity index (χ3v) is 6.67. The number of aromatic nitrogens is 3. The van der Waals surface area contributed by atoms with E-state index in [1.54, 1.807) is 17.0 Å². The lowest BCUT2D eigenvalue weighted by atomic mass is 10.1. The summed E-state index contributed by atoms with van der Waals surface area (Å²) in [6.45, 7) is 2.94. The molecule has 180 valence electrons. The van der Waals surface area contributed by atoms with E-state index in [0.717, 1.165) is 25.7 Å². The Morgan fingerprint density at radius 2 is 1.70 bits per heavy atom. The van der Waals surface area contributed by atoms with Crippen molar-refractivity contribution >= 4 is 17.6 Å². The van der Waals surface area contributed by atoms with Gasteiger partial charge in [0.15, 0.2) is 11.6 Å². The minimum atomic E-state index is -0.431. The van der Waals surface area contributed by atoms with Crippen LogP contribution in [0.15, 0.2) is 18.2 Å². The molecule has 0 bridgehead atoms. The van der Waals surface area contributed by atoms with Gasteiger partial charge in [0.05, 0.1) is 33.8 Å². The van der Waals surface area contributed by atoms with Gasteiger partial charge in [0, 0.05) is 36.7 Å². The molecule has 2 aliphatic rings. The maximum atomic E-state index is 14.2. The topological polar surface area (TPSA) is 88.4 Å². The van der Waals surface area contributed by atoms with Gasteiger partial charge in [-0.25, -0.2) is 4.39 Å². The molecule has 0 atom stereocenters. The van der Waals surface area contributed by atoms with Crippen LogP contribution in [0.5, 0.6) is 5.75 Å². The molecule has 2 aromatic rings. The molecule has 33 heavy (non-hydrogen) atoms. The van der Waals surface area contributed by atoms with Gasteiger partial charge in [0.25, 0.3) is 0 Å². The van der Waals surface area contributed by atoms with E-state index in [1.807, 2.05) is 0 Å². The van der Waals surface area contributed by atoms with Crippen molar-refractivity contribution in [1.29, 1.82) is 0 Å². The van der Waals surface area contributed by atoms with E-state index in [0.29, 0.717) is 42.0 Å². The van der Waals surface area contributed by atoms with Crippen LogP contribution >= 0.6 is 0 Å². The first kappa shape index (κ1) is 23.6. The number of benzene rings is 1. The summed E-state index contributed by atoms with van der Waals surface area (Å²) in [5.41, 5.74) is 0.567. The Balaban J connectivity index is 1.49. The number of nitrogens with one attached hydrogen (secondary N) is 4. The number of likely N-dealkylation sites (tertiary alicyclic amines) is 1. The van der Waals surface area contributed by atoms with Crippen molar-refractivity contribution in [3.8, 4) is 5.75 Å². The highest BCUT2D eigenvalue weighted by atomic mass is 19.1. The molecule has 2 heterocycles. The van der Waals surface area contributed by atoms with Crippen LogP contribution < -0.4 is 25.6 Å². The largest absolute Gasteiger partial charge is 0.494 e. The van der Waals surface area contributed by atoms with E-state index < -0.39 is 5.82 Å². The highest BCUT2D eigenvalue weighted by molar-refractivity contribution is 5.56. The number of piperidine rings is 1. The second-order valence-corrected chi connectivity index (χ2v) is 9.32. The summed E-state index contributed by atoms with van der Waals surface area (Å²) in [6, 6.07) is 5.59. The summed E-state index contributed by atoms with van der Waals surface area (Å²) < 4.78 is 19.2. The molecule has 1 aromatic heterocycles. The Hall–Kier alpha value is -2.52. The highest BCUT2D eigenvalue weighted by Crippen LogP contribution is 2.24. The summed E-state index contributed by atoms with van der Waals surface area (Å²) >= 11 is 0. The van der Waals surface area contributed by atoms with Crippen LogP contribution in [0.1, 0.15) is 57.2 Å². The smallest absolute Gasteiger partial charge is 0.232 e. The van der Waals surface area contributed by atoms with Gasteiger partial charge in [-0.3, -0.25) is 0 Å². The van der Waals surface area contributed by atoms with Crippen LogP contribution in [0.25, 0.3) is 0 Å². The quantitative estimate of drug-likeness (QED) is 0.453. The molecule has 4 rings (SSSR count). The molecule has 0 unspecified atom stereocenters. The van der Waals surface area contributed by atoms with Crippen molar-refractivity contribution in [1.82, 2.24) is 20.3 Å². The zero-order valence-electron chi connectivity index (χ0n) is 19.8. The number of anilines is 3. The van der Waals surface area contributed by atoms with Gasteiger partial charge in [-0.15, -0.1) is 0 Å². The third kappa shape index (κ3) is 6.98. The van der Waals surface area contributed by atoms with Crippen LogP contribution in [0.3, 0.4) is 0 Å². The number of hydrogen-bond donors (Lipinski definition) is 4. The van der Waals surface area contributed by atoms with Crippen molar-refractivity contribution in [3.05, 3.63) is 29.8 Å². The van der Waals surface area contributed by atoms with Crippen molar-refractivity contribution in [3.63, 3.8) is 0 Å². The fourth-order valence-corrected chi connectivity index (χ4v) is 4.65. The Kier molecular flexibility index (Phi) is 8.28. The van der Waals surface area contributed by atoms with Crippen molar-refractivity contribution in [2.24, 2.45) is 0 Å². The third-order valence-electron chi connectivity index (χ3n) is 6.67. The first-order valence-corrected chi connectivity index (χ1v) is 12.3. The summed E-state index contributed by atoms with van der Waals surface area (Å²) in [5.74, 6) is 1.45. The summed E-state index contributed by atoms with van der Waals surface area (Å²) in [6.07, 6.45) is 9.60. The SMILES string of the molecule is COc1ccc(Nc2nc(CNC3CC[NH+](C)CC3)nc(NC3CCCCCC3)n2)cc1F. The molecular formula is C24H37FN7O+. The minimum absolute atomic E-state index is 0.205. The fourth-order valence-electron chi connectivity index (χ4n) is 4.65. The van der Waals surface area contributed by atoms with Crippen LogP contribution in [-0.2, 0) is 6.54 Å². The van der Waals surface area contributed by atoms with Gasteiger partial charge in [-0.05, 0) is 25.0 Å². The maximum Gasteiger partial charge on any atom is 0.232 e. The maximum absolute atomic E-state index is 14.2. The molecule has 0 radical (unpaired) electrons. The molecule has 0 spiro atoms. The lowest BCUT2D eigenvalue weighted by Gasteiger charge is -2.27. The number of ether oxygens (including phenoxy) is 1. The zero-order chi connectivity index (χ0) is 23.0. The first-order valence-electron chi connectivity index (χ1n) is 12.3. The van der Waals surface area contributed by atoms with Gasteiger partial charge < -0.3 is 25.6 Å². The normalized spacial score (nSPS) is 21.9. The van der Waals surface area contributed by atoms with E-state index in [4.69, 9.17) is 9.72 Å². The first-order chi connectivity index (χ1) is 16.1. The summed E-state index contributed by atoms with van der Waals surface area (Å²) in [7, 11) is 3.70. The zero-order valence-corrected chi connectivity index (χ0v) is 19.8. The van der Waals surface area contributed by atoms with Gasteiger partial charge >= 0.3 is 0 Å². The second-order valence-electron chi connectivity index (χ2n) is 9.32. The Morgan fingerprint density at radius 1 is 0.970 bits per heavy atom. The van der Waals surface area contributed by atoms with Gasteiger partial charge in [0.1, 0.15) is 5.82 Å². The van der Waals surface area contributed by atoms with E-state index >= 15 is 0 Å². The molecule has 1 saturated carbocycles. The predicted octanol–water partition coefficient (Wildman–Crippen LogP) is 2.66. The molecule has 1 saturated heterocycles. The molecule has 1 aliphatic heterocycles. The lowest BCUT2D eigenvalue weighted by Crippen LogP contribution is -3.10. The van der Waals surface area contributed by atoms with E-state index in [1.165, 1.54) is 51.9 Å². The Morgan fingerprint density at radius 3 is 2.39 bits per heavy atom. The number of halogens is 1. The van der Waals surface area contributed by atoms with E-state index in [9.17, 15) is 4.39 Å². The number of rotatable bonds is 8. The monoisotopic (exact) mass is 458 g/mol. The molecule has 9 heteroatoms. The summed E-state index contributed by atoms with van der Waals surface area (Å²) in [5, 5.41) is 10.3. The molecule has 1 aromatic carbocycles. The molecular weight excluding hydrogens is 421 g/mol. The molecule has 8 nitrogen and oxygen atoms in total. The van der Waals surface area contributed by atoms with Crippen molar-refractivity contribution in [2.45, 2.75) is 70.0 Å². The average molecular weight is 459 g/mol. The van der Waals surface area contributed by atoms with Crippen LogP contribution in [-0.4, -0.2) is 54.3 Å². The van der Waals surface area contributed by atoms with Crippen LogP contribution in [0.4, 0.5) is 22.0 Å². The molecule has 0 amide bonds. The van der Waals surface area contributed by atoms with E-state index in [2.05, 4.69) is 33.0 Å². The van der Waals surface area contributed by atoms with Crippen molar-refractivity contribution in [2.75, 3.05) is 37.9 Å². The van der Waals surface area contributed by atoms with Gasteiger partial charge in [-0.2, -0.15) is 15.0 Å². The van der Waals surface area contributed by atoms with Crippen LogP contribution in [0.2, 0.25) is 0 Å². The molecule has 2 fully saturated rings. The standard InChI is InChI=1S/C24H36FN7O/c1-32-13-11-17(12-14-32)26-16-22-29-23(27-18-7-5-3-4-6-8-18)31-24(30-22)28-19-9-10-21(33-2)20(25)15-19/h9-10,15,17-18,26H,3-8,11-14,16H2,1-2H3,(H2,27,28,29,30,31)/p+1. The van der Waals surface area contributed by atoms with Crippen LogP contribution in [0, 0.1) is 5.82 Å². The highest BCUT2D eigenvalue weighted by Gasteiger charge is 2.20. The van der Waals surface area contributed by atoms with Gasteiger partial charge in [-0.1, -0.05) is 25.7 Å². The number of methoxy groups -OCH3 is 1. The number of quaternary nitrogens is 1. The van der Waals surface area contributed by atoms with Crippen molar-refractivity contribution < 1.29 is 14.0 Å². The Labute approximate surface area is 195 Å². The molecule has 1 aliphatic carbocycles. The fraction of sp³-hybridized carbons (Fsp3) is 0.625. The number of nitrogens with zero attached hydrogens (tertiary/aromatic N) is 3. The van der Waals surface area contributed by atoms with Gasteiger partial charge in [0.2, 0.25) is 11.9 Å². The minimum Gasteiger partial charge on any atom is -0.494 e. The molecule has 4 N–H and O–H groups in total. The second kappa shape index (κ2) is 11.6. The van der Waals surface area contributed by atoms with E-state index in [-0.39, 0.29) is 5.75 Å².